The molecular formula is C3H7BrOS. The molecule has 0 amide bonds. The van der Waals surface area contributed by atoms with Crippen LogP contribution in [-0.4, -0.2) is 22.3 Å². The Hall–Kier alpha value is 0.790. The average Bonchev–Trinajstić information content (AvgIpc) is 1.65. The van der Waals surface area contributed by atoms with Crippen molar-refractivity contribution in [3.63, 3.8) is 0 Å². The Kier molecular flexibility index (Phi) is 4.48. The van der Waals surface area contributed by atoms with E-state index in [4.69, 9.17) is 5.11 Å². The quantitative estimate of drug-likeness (QED) is 0.462. The van der Waals surface area contributed by atoms with Crippen LogP contribution < -0.4 is 0 Å². The summed E-state index contributed by atoms with van der Waals surface area (Å²) in [5, 5.41) is 9.16. The SMILES string of the molecule is OC(CS)CBr. The van der Waals surface area contributed by atoms with E-state index in [9.17, 15) is 0 Å². The zero-order valence-corrected chi connectivity index (χ0v) is 5.74. The van der Waals surface area contributed by atoms with Gasteiger partial charge in [-0.3, -0.25) is 0 Å². The number of halogens is 1. The maximum absolute atomic E-state index is 8.54. The van der Waals surface area contributed by atoms with E-state index in [2.05, 4.69) is 28.6 Å². The second-order valence-corrected chi connectivity index (χ2v) is 2.00. The number of hydrogen-bond acceptors (Lipinski definition) is 2. The fourth-order valence-corrected chi connectivity index (χ4v) is 0.761. The molecular weight excluding hydrogens is 164 g/mol. The van der Waals surface area contributed by atoms with Gasteiger partial charge in [-0.05, 0) is 0 Å². The van der Waals surface area contributed by atoms with Crippen LogP contribution in [0.4, 0.5) is 0 Å². The Bertz CT molecular complexity index is 30.0. The van der Waals surface area contributed by atoms with Gasteiger partial charge in [-0.1, -0.05) is 15.9 Å². The summed E-state index contributed by atoms with van der Waals surface area (Å²) in [6.45, 7) is 0. The molecule has 1 N–H and O–H groups in total. The molecule has 1 nitrogen and oxygen atoms in total. The molecule has 0 aromatic rings. The molecule has 0 aromatic carbocycles. The van der Waals surface area contributed by atoms with Crippen molar-refractivity contribution < 1.29 is 5.11 Å². The lowest BCUT2D eigenvalue weighted by molar-refractivity contribution is 0.227. The van der Waals surface area contributed by atoms with Crippen molar-refractivity contribution in [3.05, 3.63) is 0 Å². The summed E-state index contributed by atoms with van der Waals surface area (Å²) in [5.74, 6) is 0.533. The molecule has 0 aliphatic rings. The normalized spacial score (nSPS) is 14.5. The van der Waals surface area contributed by atoms with E-state index >= 15 is 0 Å². The summed E-state index contributed by atoms with van der Waals surface area (Å²) in [7, 11) is 0. The van der Waals surface area contributed by atoms with Crippen LogP contribution in [0.15, 0.2) is 0 Å². The highest BCUT2D eigenvalue weighted by Crippen LogP contribution is 1.90. The monoisotopic (exact) mass is 170 g/mol. The molecule has 3 heteroatoms. The maximum atomic E-state index is 8.54. The van der Waals surface area contributed by atoms with Crippen LogP contribution in [0.1, 0.15) is 0 Å². The summed E-state index contributed by atoms with van der Waals surface area (Å²) in [4.78, 5) is 0. The first-order valence-corrected chi connectivity index (χ1v) is 3.41. The largest absolute Gasteiger partial charge is 0.391 e. The van der Waals surface area contributed by atoms with Crippen molar-refractivity contribution in [2.24, 2.45) is 0 Å². The van der Waals surface area contributed by atoms with Crippen LogP contribution in [0.3, 0.4) is 0 Å². The van der Waals surface area contributed by atoms with Crippen LogP contribution in [-0.2, 0) is 0 Å². The molecule has 0 fully saturated rings. The molecule has 0 rings (SSSR count). The van der Waals surface area contributed by atoms with E-state index in [1.807, 2.05) is 0 Å². The topological polar surface area (TPSA) is 20.2 Å². The molecule has 0 saturated heterocycles. The first kappa shape index (κ1) is 6.79. The van der Waals surface area contributed by atoms with E-state index in [0.717, 1.165) is 0 Å². The standard InChI is InChI=1S/C3H7BrOS/c4-1-3(5)2-6/h3,5-6H,1-2H2. The Morgan fingerprint density at radius 1 is 1.83 bits per heavy atom. The van der Waals surface area contributed by atoms with E-state index in [-0.39, 0.29) is 6.10 Å². The van der Waals surface area contributed by atoms with Crippen molar-refractivity contribution >= 4 is 28.6 Å². The van der Waals surface area contributed by atoms with Gasteiger partial charge in [-0.25, -0.2) is 0 Å². The molecule has 0 bridgehead atoms. The van der Waals surface area contributed by atoms with Gasteiger partial charge in [-0.2, -0.15) is 12.6 Å². The number of hydrogen-bond donors (Lipinski definition) is 2. The fourth-order valence-electron chi connectivity index (χ4n) is 0.0488. The van der Waals surface area contributed by atoms with Crippen molar-refractivity contribution in [3.8, 4) is 0 Å². The summed E-state index contributed by atoms with van der Waals surface area (Å²) in [6.07, 6.45) is -0.284. The minimum Gasteiger partial charge on any atom is -0.391 e. The lowest BCUT2D eigenvalue weighted by Crippen LogP contribution is -2.08. The van der Waals surface area contributed by atoms with Crippen molar-refractivity contribution in [1.29, 1.82) is 0 Å². The molecule has 0 heterocycles. The number of aliphatic hydroxyl groups excluding tert-OH is 1. The van der Waals surface area contributed by atoms with Crippen LogP contribution in [0.25, 0.3) is 0 Å². The molecule has 0 spiro atoms. The molecule has 0 aliphatic heterocycles. The van der Waals surface area contributed by atoms with E-state index in [1.165, 1.54) is 0 Å². The summed E-state index contributed by atoms with van der Waals surface area (Å²) in [5.41, 5.74) is 0. The molecule has 1 atom stereocenters. The minimum atomic E-state index is -0.284. The van der Waals surface area contributed by atoms with Crippen molar-refractivity contribution in [2.75, 3.05) is 11.1 Å². The second-order valence-electron chi connectivity index (χ2n) is 0.991. The highest BCUT2D eigenvalue weighted by molar-refractivity contribution is 9.09. The first-order valence-electron chi connectivity index (χ1n) is 1.66. The smallest absolute Gasteiger partial charge is 0.0724 e. The Morgan fingerprint density at radius 2 is 2.33 bits per heavy atom. The highest BCUT2D eigenvalue weighted by Gasteiger charge is 1.92. The Morgan fingerprint density at radius 3 is 2.33 bits per heavy atom. The van der Waals surface area contributed by atoms with E-state index < -0.39 is 0 Å². The molecule has 1 unspecified atom stereocenters. The number of aliphatic hydroxyl groups is 1. The van der Waals surface area contributed by atoms with Crippen LogP contribution >= 0.6 is 28.6 Å². The lowest BCUT2D eigenvalue weighted by atomic mass is 10.5. The Labute approximate surface area is 51.3 Å². The third-order valence-corrected chi connectivity index (χ3v) is 1.56. The molecule has 0 aliphatic carbocycles. The predicted octanol–water partition coefficient (Wildman–Crippen LogP) is 0.672. The number of rotatable bonds is 2. The molecule has 0 radical (unpaired) electrons. The molecule has 0 saturated carbocycles. The first-order chi connectivity index (χ1) is 2.81. The number of alkyl halides is 1. The third-order valence-electron chi connectivity index (χ3n) is 0.389. The summed E-state index contributed by atoms with van der Waals surface area (Å²) >= 11 is 6.89. The average molecular weight is 171 g/mol. The van der Waals surface area contributed by atoms with Crippen LogP contribution in [0.5, 0.6) is 0 Å². The van der Waals surface area contributed by atoms with E-state index in [0.29, 0.717) is 11.1 Å². The Balaban J connectivity index is 2.75. The van der Waals surface area contributed by atoms with Crippen LogP contribution in [0.2, 0.25) is 0 Å². The van der Waals surface area contributed by atoms with Gasteiger partial charge >= 0.3 is 0 Å². The van der Waals surface area contributed by atoms with E-state index in [1.54, 1.807) is 0 Å². The van der Waals surface area contributed by atoms with Gasteiger partial charge in [0, 0.05) is 11.1 Å². The zero-order chi connectivity index (χ0) is 4.99. The van der Waals surface area contributed by atoms with Gasteiger partial charge in [0.1, 0.15) is 0 Å². The molecule has 6 heavy (non-hydrogen) atoms. The summed E-state index contributed by atoms with van der Waals surface area (Å²) in [6, 6.07) is 0. The van der Waals surface area contributed by atoms with Gasteiger partial charge in [0.05, 0.1) is 6.10 Å². The molecule has 38 valence electrons. The maximum Gasteiger partial charge on any atom is 0.0724 e. The fraction of sp³-hybridized carbons (Fsp3) is 1.00. The highest BCUT2D eigenvalue weighted by atomic mass is 79.9. The summed E-state index contributed by atoms with van der Waals surface area (Å²) < 4.78 is 0. The lowest BCUT2D eigenvalue weighted by Gasteiger charge is -1.96. The van der Waals surface area contributed by atoms with Gasteiger partial charge in [0.15, 0.2) is 0 Å². The number of thiol groups is 1. The van der Waals surface area contributed by atoms with Gasteiger partial charge in [0.2, 0.25) is 0 Å². The van der Waals surface area contributed by atoms with Crippen LogP contribution in [0, 0.1) is 0 Å². The predicted molar refractivity (Wildman–Crippen MR) is 33.7 cm³/mol. The van der Waals surface area contributed by atoms with Gasteiger partial charge in [0.25, 0.3) is 0 Å². The van der Waals surface area contributed by atoms with Gasteiger partial charge < -0.3 is 5.11 Å². The van der Waals surface area contributed by atoms with Gasteiger partial charge in [-0.15, -0.1) is 0 Å². The molecule has 0 aromatic heterocycles. The van der Waals surface area contributed by atoms with Crippen molar-refractivity contribution in [2.45, 2.75) is 6.10 Å². The van der Waals surface area contributed by atoms with Crippen molar-refractivity contribution in [1.82, 2.24) is 0 Å². The third kappa shape index (κ3) is 3.00. The second kappa shape index (κ2) is 3.96. The minimum absolute atomic E-state index is 0.284. The zero-order valence-electron chi connectivity index (χ0n) is 3.26.